The minimum Gasteiger partial charge on any atom is -0.480 e. The quantitative estimate of drug-likeness (QED) is 0.0309. The fraction of sp³-hybridized carbons (Fsp3) is 0.952. The monoisotopic (exact) mass is 778 g/mol. The molecule has 0 aromatic heterocycles. The van der Waals surface area contributed by atoms with E-state index in [4.69, 9.17) is 29.4 Å². The molecular weight excluding hydrogens is 693 g/mol. The molecule has 0 aromatic rings. The summed E-state index contributed by atoms with van der Waals surface area (Å²) in [6.07, 6.45) is 39.1. The SMILES string of the molecule is CCCCCCCCCCCCCCCCCCCCCCCCCCOCC(COP(=O)(O)OCC(N)C(=O)O)OC(=O)CCCCCCCCC. The number of hydrogen-bond donors (Lipinski definition) is 3. The maximum Gasteiger partial charge on any atom is 0.472 e. The fourth-order valence-corrected chi connectivity index (χ4v) is 7.21. The molecule has 0 heterocycles. The second-order valence-electron chi connectivity index (χ2n) is 15.2. The molecule has 0 bridgehead atoms. The van der Waals surface area contributed by atoms with Gasteiger partial charge in [0.2, 0.25) is 0 Å². The maximum atomic E-state index is 12.5. The van der Waals surface area contributed by atoms with E-state index in [-0.39, 0.29) is 13.0 Å². The summed E-state index contributed by atoms with van der Waals surface area (Å²) in [6, 6.07) is -1.47. The lowest BCUT2D eigenvalue weighted by atomic mass is 10.0. The number of nitrogens with two attached hydrogens (primary N) is 1. The molecule has 0 saturated heterocycles. The average molecular weight is 778 g/mol. The summed E-state index contributed by atoms with van der Waals surface area (Å²) in [7, 11) is -4.60. The number of ether oxygens (including phenoxy) is 2. The Bertz CT molecular complexity index is 862. The van der Waals surface area contributed by atoms with Gasteiger partial charge >= 0.3 is 19.8 Å². The predicted molar refractivity (Wildman–Crippen MR) is 217 cm³/mol. The highest BCUT2D eigenvalue weighted by atomic mass is 31.2. The zero-order chi connectivity index (χ0) is 39.1. The third kappa shape index (κ3) is 39.0. The Balaban J connectivity index is 3.92. The number of carbonyl (C=O) groups excluding carboxylic acids is 1. The first-order valence-electron chi connectivity index (χ1n) is 22.1. The van der Waals surface area contributed by atoms with Gasteiger partial charge in [-0.15, -0.1) is 0 Å². The van der Waals surface area contributed by atoms with Gasteiger partial charge in [0.05, 0.1) is 19.8 Å². The first-order valence-corrected chi connectivity index (χ1v) is 23.6. The van der Waals surface area contributed by atoms with Crippen LogP contribution in [0.5, 0.6) is 0 Å². The van der Waals surface area contributed by atoms with Crippen molar-refractivity contribution >= 4 is 19.8 Å². The predicted octanol–water partition coefficient (Wildman–Crippen LogP) is 12.0. The minimum absolute atomic E-state index is 0.0246. The van der Waals surface area contributed by atoms with E-state index >= 15 is 0 Å². The van der Waals surface area contributed by atoms with Gasteiger partial charge in [-0.1, -0.05) is 200 Å². The molecule has 0 radical (unpaired) electrons. The highest BCUT2D eigenvalue weighted by Gasteiger charge is 2.27. The van der Waals surface area contributed by atoms with Crippen LogP contribution in [-0.4, -0.2) is 60.5 Å². The molecular formula is C42H84NO9P. The molecule has 0 fully saturated rings. The number of phosphoric ester groups is 1. The summed E-state index contributed by atoms with van der Waals surface area (Å²) < 4.78 is 33.2. The van der Waals surface area contributed by atoms with Crippen LogP contribution >= 0.6 is 7.82 Å². The van der Waals surface area contributed by atoms with E-state index in [1.54, 1.807) is 0 Å². The smallest absolute Gasteiger partial charge is 0.472 e. The lowest BCUT2D eigenvalue weighted by Crippen LogP contribution is -2.34. The summed E-state index contributed by atoms with van der Waals surface area (Å²) in [5.41, 5.74) is 5.34. The van der Waals surface area contributed by atoms with Crippen LogP contribution < -0.4 is 5.73 Å². The van der Waals surface area contributed by atoms with E-state index < -0.39 is 45.1 Å². The molecule has 0 rings (SSSR count). The summed E-state index contributed by atoms with van der Waals surface area (Å²) >= 11 is 0. The molecule has 316 valence electrons. The van der Waals surface area contributed by atoms with E-state index in [9.17, 15) is 19.0 Å². The van der Waals surface area contributed by atoms with E-state index in [2.05, 4.69) is 13.8 Å². The van der Waals surface area contributed by atoms with Crippen LogP contribution in [0.2, 0.25) is 0 Å². The molecule has 3 atom stereocenters. The topological polar surface area (TPSA) is 155 Å². The largest absolute Gasteiger partial charge is 0.480 e. The van der Waals surface area contributed by atoms with Crippen molar-refractivity contribution in [2.24, 2.45) is 5.73 Å². The molecule has 4 N–H and O–H groups in total. The van der Waals surface area contributed by atoms with Crippen LogP contribution in [0.1, 0.15) is 219 Å². The number of carboxylic acids is 1. The van der Waals surface area contributed by atoms with Crippen molar-refractivity contribution in [1.82, 2.24) is 0 Å². The van der Waals surface area contributed by atoms with E-state index in [0.717, 1.165) is 38.5 Å². The zero-order valence-electron chi connectivity index (χ0n) is 34.4. The van der Waals surface area contributed by atoms with Crippen molar-refractivity contribution < 1.29 is 42.7 Å². The highest BCUT2D eigenvalue weighted by Crippen LogP contribution is 2.43. The zero-order valence-corrected chi connectivity index (χ0v) is 35.3. The molecule has 3 unspecified atom stereocenters. The molecule has 0 aliphatic rings. The number of unbranched alkanes of at least 4 members (excludes halogenated alkanes) is 29. The first kappa shape index (κ1) is 52.0. The summed E-state index contributed by atoms with van der Waals surface area (Å²) in [5, 5.41) is 8.86. The summed E-state index contributed by atoms with van der Waals surface area (Å²) in [6.45, 7) is 3.87. The fourth-order valence-electron chi connectivity index (χ4n) is 6.43. The molecule has 0 amide bonds. The van der Waals surface area contributed by atoms with Crippen molar-refractivity contribution in [3.05, 3.63) is 0 Å². The Morgan fingerprint density at radius 2 is 0.868 bits per heavy atom. The van der Waals surface area contributed by atoms with Crippen LogP contribution in [0.3, 0.4) is 0 Å². The molecule has 0 spiro atoms. The highest BCUT2D eigenvalue weighted by molar-refractivity contribution is 7.47. The minimum atomic E-state index is -4.60. The Kier molecular flexibility index (Phi) is 38.5. The number of aliphatic carboxylic acids is 1. The standard InChI is InChI=1S/C42H84NO9P/c1-3-5-7-9-11-12-13-14-15-16-17-18-19-20-21-22-23-24-25-26-27-29-31-33-35-49-36-39(37-50-53(47,48)51-38-40(43)42(45)46)52-41(44)34-32-30-28-10-8-6-4-2/h39-40H,3-38,43H2,1-2H3,(H,45,46)(H,47,48). The number of esters is 1. The Labute approximate surface area is 325 Å². The second-order valence-corrected chi connectivity index (χ2v) is 16.6. The number of phosphoric acid groups is 1. The Hall–Kier alpha value is -1.03. The van der Waals surface area contributed by atoms with Crippen molar-refractivity contribution in [3.63, 3.8) is 0 Å². The van der Waals surface area contributed by atoms with Gasteiger partial charge in [-0.05, 0) is 12.8 Å². The van der Waals surface area contributed by atoms with Crippen LogP contribution in [0.25, 0.3) is 0 Å². The molecule has 0 aliphatic carbocycles. The van der Waals surface area contributed by atoms with Crippen molar-refractivity contribution in [1.29, 1.82) is 0 Å². The van der Waals surface area contributed by atoms with Crippen molar-refractivity contribution in [3.8, 4) is 0 Å². The van der Waals surface area contributed by atoms with Crippen LogP contribution in [0, 0.1) is 0 Å². The van der Waals surface area contributed by atoms with Crippen molar-refractivity contribution in [2.45, 2.75) is 231 Å². The normalized spacial score (nSPS) is 13.9. The summed E-state index contributed by atoms with van der Waals surface area (Å²) in [4.78, 5) is 33.3. The molecule has 0 saturated carbocycles. The number of rotatable bonds is 43. The Morgan fingerprint density at radius 1 is 0.528 bits per heavy atom. The van der Waals surface area contributed by atoms with Crippen LogP contribution in [0.4, 0.5) is 0 Å². The maximum absolute atomic E-state index is 12.5. The second kappa shape index (κ2) is 39.2. The molecule has 0 aromatic carbocycles. The van der Waals surface area contributed by atoms with Gasteiger partial charge in [0, 0.05) is 13.0 Å². The molecule has 11 heteroatoms. The van der Waals surface area contributed by atoms with Gasteiger partial charge in [0.15, 0.2) is 0 Å². The third-order valence-electron chi connectivity index (χ3n) is 9.89. The van der Waals surface area contributed by atoms with Crippen LogP contribution in [-0.2, 0) is 32.7 Å². The number of hydrogen-bond acceptors (Lipinski definition) is 8. The third-order valence-corrected chi connectivity index (χ3v) is 10.8. The van der Waals surface area contributed by atoms with Gasteiger partial charge in [0.1, 0.15) is 12.1 Å². The van der Waals surface area contributed by atoms with Gasteiger partial charge in [-0.3, -0.25) is 18.6 Å². The van der Waals surface area contributed by atoms with E-state index in [1.807, 2.05) is 0 Å². The van der Waals surface area contributed by atoms with E-state index in [1.165, 1.54) is 154 Å². The Morgan fingerprint density at radius 3 is 1.25 bits per heavy atom. The molecule has 0 aliphatic heterocycles. The lowest BCUT2D eigenvalue weighted by molar-refractivity contribution is -0.154. The van der Waals surface area contributed by atoms with Crippen LogP contribution in [0.15, 0.2) is 0 Å². The first-order chi connectivity index (χ1) is 25.7. The summed E-state index contributed by atoms with van der Waals surface area (Å²) in [5.74, 6) is -1.77. The molecule has 10 nitrogen and oxygen atoms in total. The van der Waals surface area contributed by atoms with Gasteiger partial charge in [0.25, 0.3) is 0 Å². The van der Waals surface area contributed by atoms with E-state index in [0.29, 0.717) is 13.0 Å². The van der Waals surface area contributed by atoms with Gasteiger partial charge in [-0.25, -0.2) is 4.57 Å². The average Bonchev–Trinajstić information content (AvgIpc) is 3.13. The van der Waals surface area contributed by atoms with Gasteiger partial charge < -0.3 is 25.2 Å². The molecule has 53 heavy (non-hydrogen) atoms. The number of carbonyl (C=O) groups is 2. The lowest BCUT2D eigenvalue weighted by Gasteiger charge is -2.20. The van der Waals surface area contributed by atoms with Crippen molar-refractivity contribution in [2.75, 3.05) is 26.4 Å². The van der Waals surface area contributed by atoms with Gasteiger partial charge in [-0.2, -0.15) is 0 Å². The number of carboxylic acid groups (broad SMARTS) is 1.